The van der Waals surface area contributed by atoms with Gasteiger partial charge in [-0.15, -0.1) is 0 Å². The van der Waals surface area contributed by atoms with Gasteiger partial charge in [0.2, 0.25) is 0 Å². The third-order valence-electron chi connectivity index (χ3n) is 3.01. The molecule has 0 heterocycles. The number of ether oxygens (including phenoxy) is 3. The molecule has 0 bridgehead atoms. The molecule has 0 aliphatic heterocycles. The van der Waals surface area contributed by atoms with Gasteiger partial charge in [0.25, 0.3) is 0 Å². The van der Waals surface area contributed by atoms with Crippen molar-refractivity contribution in [2.75, 3.05) is 19.5 Å². The predicted octanol–water partition coefficient (Wildman–Crippen LogP) is 3.28. The smallest absolute Gasteiger partial charge is 0.176 e. The van der Waals surface area contributed by atoms with Gasteiger partial charge in [0.15, 0.2) is 6.29 Å². The Labute approximate surface area is 116 Å². The number of benzene rings is 1. The summed E-state index contributed by atoms with van der Waals surface area (Å²) in [4.78, 5) is 0. The molecule has 1 rings (SSSR count). The lowest BCUT2D eigenvalue weighted by molar-refractivity contribution is -0.109. The fourth-order valence-electron chi connectivity index (χ4n) is 1.81. The van der Waals surface area contributed by atoms with Crippen LogP contribution in [0.15, 0.2) is 24.3 Å². The van der Waals surface area contributed by atoms with Crippen LogP contribution < -0.4 is 10.1 Å². The summed E-state index contributed by atoms with van der Waals surface area (Å²) >= 11 is 0. The fraction of sp³-hybridized carbons (Fsp3) is 0.600. The lowest BCUT2D eigenvalue weighted by Gasteiger charge is -2.23. The zero-order chi connectivity index (χ0) is 14.3. The molecule has 0 amide bonds. The third kappa shape index (κ3) is 5.09. The summed E-state index contributed by atoms with van der Waals surface area (Å²) in [5, 5.41) is 3.35. The molecule has 1 aromatic carbocycles. The van der Waals surface area contributed by atoms with Crippen molar-refractivity contribution < 1.29 is 14.2 Å². The van der Waals surface area contributed by atoms with Crippen LogP contribution in [-0.2, 0) is 9.47 Å². The first-order valence-corrected chi connectivity index (χ1v) is 6.69. The van der Waals surface area contributed by atoms with E-state index in [0.717, 1.165) is 17.9 Å². The van der Waals surface area contributed by atoms with E-state index in [0.29, 0.717) is 0 Å². The fourth-order valence-corrected chi connectivity index (χ4v) is 1.81. The largest absolute Gasteiger partial charge is 0.491 e. The highest BCUT2D eigenvalue weighted by Crippen LogP contribution is 2.20. The van der Waals surface area contributed by atoms with Crippen molar-refractivity contribution in [2.24, 2.45) is 0 Å². The second-order valence-corrected chi connectivity index (χ2v) is 4.64. The Morgan fingerprint density at radius 2 is 1.84 bits per heavy atom. The van der Waals surface area contributed by atoms with Gasteiger partial charge in [0, 0.05) is 26.0 Å². The standard InChI is InChI=1S/C15H25NO3/c1-6-11(2)19-14-9-7-8-13(10-14)16-12(3)15(17-4)18-5/h7-12,15-16H,6H2,1-5H3. The van der Waals surface area contributed by atoms with E-state index >= 15 is 0 Å². The van der Waals surface area contributed by atoms with E-state index in [4.69, 9.17) is 14.2 Å². The maximum Gasteiger partial charge on any atom is 0.176 e. The maximum absolute atomic E-state index is 5.80. The molecule has 0 aromatic heterocycles. The van der Waals surface area contributed by atoms with Crippen LogP contribution in [0.5, 0.6) is 5.75 Å². The monoisotopic (exact) mass is 267 g/mol. The van der Waals surface area contributed by atoms with Crippen molar-refractivity contribution in [3.63, 3.8) is 0 Å². The van der Waals surface area contributed by atoms with Crippen LogP contribution in [0.25, 0.3) is 0 Å². The van der Waals surface area contributed by atoms with Gasteiger partial charge in [0.05, 0.1) is 12.1 Å². The Morgan fingerprint density at radius 1 is 1.16 bits per heavy atom. The molecule has 0 aliphatic rings. The van der Waals surface area contributed by atoms with Crippen molar-refractivity contribution >= 4 is 5.69 Å². The topological polar surface area (TPSA) is 39.7 Å². The summed E-state index contributed by atoms with van der Waals surface area (Å²) in [7, 11) is 3.27. The molecule has 2 unspecified atom stereocenters. The van der Waals surface area contributed by atoms with Crippen LogP contribution in [0.1, 0.15) is 27.2 Å². The molecule has 4 heteroatoms. The molecule has 4 nitrogen and oxygen atoms in total. The summed E-state index contributed by atoms with van der Waals surface area (Å²) in [6.45, 7) is 6.19. The zero-order valence-electron chi connectivity index (χ0n) is 12.5. The zero-order valence-corrected chi connectivity index (χ0v) is 12.5. The van der Waals surface area contributed by atoms with Gasteiger partial charge in [-0.1, -0.05) is 13.0 Å². The molecule has 0 saturated heterocycles. The molecular weight excluding hydrogens is 242 g/mol. The highest BCUT2D eigenvalue weighted by atomic mass is 16.7. The molecule has 19 heavy (non-hydrogen) atoms. The second kappa shape index (κ2) is 8.02. The van der Waals surface area contributed by atoms with Crippen LogP contribution in [0.2, 0.25) is 0 Å². The van der Waals surface area contributed by atoms with E-state index in [1.54, 1.807) is 14.2 Å². The van der Waals surface area contributed by atoms with Crippen LogP contribution >= 0.6 is 0 Å². The average Bonchev–Trinajstić information content (AvgIpc) is 2.40. The number of methoxy groups -OCH3 is 2. The van der Waals surface area contributed by atoms with Crippen LogP contribution in [0.3, 0.4) is 0 Å². The van der Waals surface area contributed by atoms with Gasteiger partial charge in [-0.05, 0) is 32.4 Å². The Kier molecular flexibility index (Phi) is 6.67. The van der Waals surface area contributed by atoms with Gasteiger partial charge in [-0.25, -0.2) is 0 Å². The quantitative estimate of drug-likeness (QED) is 0.734. The minimum Gasteiger partial charge on any atom is -0.491 e. The number of hydrogen-bond acceptors (Lipinski definition) is 4. The third-order valence-corrected chi connectivity index (χ3v) is 3.01. The highest BCUT2D eigenvalue weighted by Gasteiger charge is 2.15. The maximum atomic E-state index is 5.80. The number of rotatable bonds is 8. The average molecular weight is 267 g/mol. The lowest BCUT2D eigenvalue weighted by Crippen LogP contribution is -2.33. The summed E-state index contributed by atoms with van der Waals surface area (Å²) in [5.74, 6) is 0.873. The van der Waals surface area contributed by atoms with Gasteiger partial charge in [0.1, 0.15) is 5.75 Å². The Morgan fingerprint density at radius 3 is 2.42 bits per heavy atom. The van der Waals surface area contributed by atoms with E-state index in [-0.39, 0.29) is 18.4 Å². The van der Waals surface area contributed by atoms with Gasteiger partial charge in [-0.3, -0.25) is 0 Å². The molecular formula is C15H25NO3. The van der Waals surface area contributed by atoms with Gasteiger partial charge < -0.3 is 19.5 Å². The van der Waals surface area contributed by atoms with E-state index in [9.17, 15) is 0 Å². The normalized spacial score (nSPS) is 14.2. The minimum atomic E-state index is -0.279. The first-order valence-electron chi connectivity index (χ1n) is 6.69. The van der Waals surface area contributed by atoms with Crippen molar-refractivity contribution in [3.8, 4) is 5.75 Å². The number of hydrogen-bond donors (Lipinski definition) is 1. The van der Waals surface area contributed by atoms with E-state index < -0.39 is 0 Å². The van der Waals surface area contributed by atoms with E-state index in [2.05, 4.69) is 19.2 Å². The molecule has 0 radical (unpaired) electrons. The highest BCUT2D eigenvalue weighted by molar-refractivity contribution is 5.48. The van der Waals surface area contributed by atoms with E-state index in [1.165, 1.54) is 0 Å². The first-order chi connectivity index (χ1) is 9.10. The van der Waals surface area contributed by atoms with Crippen LogP contribution in [-0.4, -0.2) is 32.7 Å². The lowest BCUT2D eigenvalue weighted by atomic mass is 10.2. The molecule has 0 saturated carbocycles. The SMILES string of the molecule is CCC(C)Oc1cccc(NC(C)C(OC)OC)c1. The van der Waals surface area contributed by atoms with Crippen molar-refractivity contribution in [3.05, 3.63) is 24.3 Å². The van der Waals surface area contributed by atoms with Gasteiger partial charge in [-0.2, -0.15) is 0 Å². The molecule has 0 aliphatic carbocycles. The summed E-state index contributed by atoms with van der Waals surface area (Å²) in [6, 6.07) is 7.98. The van der Waals surface area contributed by atoms with Crippen molar-refractivity contribution in [1.29, 1.82) is 0 Å². The Balaban J connectivity index is 2.66. The Hall–Kier alpha value is -1.26. The second-order valence-electron chi connectivity index (χ2n) is 4.64. The number of nitrogens with one attached hydrogen (secondary N) is 1. The molecule has 1 aromatic rings. The first kappa shape index (κ1) is 15.8. The van der Waals surface area contributed by atoms with E-state index in [1.807, 2.05) is 31.2 Å². The summed E-state index contributed by atoms with van der Waals surface area (Å²) in [6.07, 6.45) is 0.932. The van der Waals surface area contributed by atoms with Crippen LogP contribution in [0.4, 0.5) is 5.69 Å². The molecule has 1 N–H and O–H groups in total. The number of anilines is 1. The molecule has 108 valence electrons. The van der Waals surface area contributed by atoms with Crippen LogP contribution in [0, 0.1) is 0 Å². The molecule has 0 fully saturated rings. The summed E-state index contributed by atoms with van der Waals surface area (Å²) in [5.41, 5.74) is 0.993. The Bertz CT molecular complexity index is 366. The van der Waals surface area contributed by atoms with Crippen molar-refractivity contribution in [1.82, 2.24) is 0 Å². The van der Waals surface area contributed by atoms with Gasteiger partial charge >= 0.3 is 0 Å². The molecule has 0 spiro atoms. The van der Waals surface area contributed by atoms with Crippen molar-refractivity contribution in [2.45, 2.75) is 45.6 Å². The molecule has 2 atom stereocenters. The predicted molar refractivity (Wildman–Crippen MR) is 77.7 cm³/mol. The summed E-state index contributed by atoms with van der Waals surface area (Å²) < 4.78 is 16.3. The minimum absolute atomic E-state index is 0.0499.